The third-order valence-corrected chi connectivity index (χ3v) is 7.74. The van der Waals surface area contributed by atoms with Gasteiger partial charge in [0.15, 0.2) is 0 Å². The zero-order valence-electron chi connectivity index (χ0n) is 21.2. The summed E-state index contributed by atoms with van der Waals surface area (Å²) < 4.78 is 31.2. The molecule has 4 N–H and O–H groups in total. The van der Waals surface area contributed by atoms with Crippen molar-refractivity contribution in [2.75, 3.05) is 30.7 Å². The molecule has 0 radical (unpaired) electrons. The predicted molar refractivity (Wildman–Crippen MR) is 150 cm³/mol. The van der Waals surface area contributed by atoms with Gasteiger partial charge in [0, 0.05) is 41.1 Å². The van der Waals surface area contributed by atoms with Crippen LogP contribution in [0.4, 0.5) is 5.69 Å². The maximum atomic E-state index is 11.4. The van der Waals surface area contributed by atoms with E-state index in [-0.39, 0.29) is 0 Å². The number of anilines is 1. The summed E-state index contributed by atoms with van der Waals surface area (Å²) in [6.07, 6.45) is 6.95. The maximum Gasteiger partial charge on any atom is 0.229 e. The highest BCUT2D eigenvalue weighted by atomic mass is 32.2. The van der Waals surface area contributed by atoms with Crippen molar-refractivity contribution in [2.45, 2.75) is 44.1 Å². The highest BCUT2D eigenvalue weighted by molar-refractivity contribution is 7.92. The number of hydrogen-bond acceptors (Lipinski definition) is 5. The first-order valence-corrected chi connectivity index (χ1v) is 14.9. The molecule has 1 heterocycles. The van der Waals surface area contributed by atoms with E-state index in [0.29, 0.717) is 36.9 Å². The van der Waals surface area contributed by atoms with Gasteiger partial charge in [-0.1, -0.05) is 43.5 Å². The molecular formula is C29H35N3O4S. The fourth-order valence-electron chi connectivity index (χ4n) is 5.31. The lowest BCUT2D eigenvalue weighted by atomic mass is 9.84. The van der Waals surface area contributed by atoms with Gasteiger partial charge in [0.05, 0.1) is 17.9 Å². The highest BCUT2D eigenvalue weighted by Gasteiger charge is 2.17. The first-order valence-electron chi connectivity index (χ1n) is 13.0. The zero-order valence-corrected chi connectivity index (χ0v) is 22.0. The Morgan fingerprint density at radius 3 is 2.54 bits per heavy atom. The molecule has 1 atom stereocenters. The van der Waals surface area contributed by atoms with E-state index in [0.717, 1.165) is 17.5 Å². The van der Waals surface area contributed by atoms with Crippen molar-refractivity contribution < 1.29 is 18.3 Å². The Labute approximate surface area is 218 Å². The topological polar surface area (TPSA) is 103 Å². The van der Waals surface area contributed by atoms with Gasteiger partial charge in [-0.15, -0.1) is 0 Å². The van der Waals surface area contributed by atoms with Crippen LogP contribution in [0.3, 0.4) is 0 Å². The van der Waals surface area contributed by atoms with E-state index in [1.165, 1.54) is 54.0 Å². The Morgan fingerprint density at radius 1 is 1.00 bits per heavy atom. The molecular weight excluding hydrogens is 486 g/mol. The average molecular weight is 522 g/mol. The third kappa shape index (κ3) is 6.44. The van der Waals surface area contributed by atoms with Crippen molar-refractivity contribution in [3.63, 3.8) is 0 Å². The van der Waals surface area contributed by atoms with E-state index < -0.39 is 16.1 Å². The fraction of sp³-hybridized carbons (Fsp3) is 0.379. The number of ether oxygens (including phenoxy) is 1. The summed E-state index contributed by atoms with van der Waals surface area (Å²) in [7, 11) is -3.36. The van der Waals surface area contributed by atoms with Crippen LogP contribution in [-0.2, 0) is 10.0 Å². The lowest BCUT2D eigenvalue weighted by Crippen LogP contribution is -2.26. The van der Waals surface area contributed by atoms with Crippen molar-refractivity contribution in [3.05, 3.63) is 71.8 Å². The van der Waals surface area contributed by atoms with E-state index in [1.54, 1.807) is 24.3 Å². The van der Waals surface area contributed by atoms with Gasteiger partial charge in [0.25, 0.3) is 0 Å². The Balaban J connectivity index is 1.14. The van der Waals surface area contributed by atoms with Gasteiger partial charge in [0.2, 0.25) is 10.0 Å². The van der Waals surface area contributed by atoms with Gasteiger partial charge in [-0.25, -0.2) is 8.42 Å². The van der Waals surface area contributed by atoms with Gasteiger partial charge in [0.1, 0.15) is 12.4 Å². The van der Waals surface area contributed by atoms with E-state index in [1.807, 2.05) is 12.1 Å². The summed E-state index contributed by atoms with van der Waals surface area (Å²) >= 11 is 0. The van der Waals surface area contributed by atoms with E-state index in [4.69, 9.17) is 4.74 Å². The van der Waals surface area contributed by atoms with Gasteiger partial charge in [-0.2, -0.15) is 0 Å². The second kappa shape index (κ2) is 11.1. The molecule has 7 nitrogen and oxygen atoms in total. The number of hydrogen-bond donors (Lipinski definition) is 4. The second-order valence-corrected chi connectivity index (χ2v) is 11.8. The van der Waals surface area contributed by atoms with Crippen LogP contribution in [0.1, 0.15) is 55.3 Å². The van der Waals surface area contributed by atoms with Gasteiger partial charge < -0.3 is 20.1 Å². The number of nitrogens with one attached hydrogen (secondary N) is 3. The van der Waals surface area contributed by atoms with E-state index >= 15 is 0 Å². The first-order chi connectivity index (χ1) is 17.9. The zero-order chi connectivity index (χ0) is 25.8. The van der Waals surface area contributed by atoms with Gasteiger partial charge >= 0.3 is 0 Å². The molecule has 1 aromatic heterocycles. The number of aliphatic hydroxyl groups is 1. The molecule has 0 spiro atoms. The number of rotatable bonds is 10. The summed E-state index contributed by atoms with van der Waals surface area (Å²) in [5.41, 5.74) is 4.76. The first kappa shape index (κ1) is 25.6. The number of sulfonamides is 1. The normalized spacial score (nSPS) is 15.7. The van der Waals surface area contributed by atoms with Gasteiger partial charge in [-0.05, 0) is 60.2 Å². The molecule has 37 heavy (non-hydrogen) atoms. The Kier molecular flexibility index (Phi) is 7.69. The minimum Gasteiger partial charge on any atom is -0.492 e. The lowest BCUT2D eigenvalue weighted by molar-refractivity contribution is 0.172. The molecule has 8 heteroatoms. The van der Waals surface area contributed by atoms with Crippen LogP contribution < -0.4 is 14.8 Å². The summed E-state index contributed by atoms with van der Waals surface area (Å²) in [4.78, 5) is 3.58. The van der Waals surface area contributed by atoms with Crippen LogP contribution in [0.15, 0.2) is 60.7 Å². The van der Waals surface area contributed by atoms with Crippen molar-refractivity contribution >= 4 is 37.5 Å². The molecule has 0 saturated heterocycles. The largest absolute Gasteiger partial charge is 0.492 e. The van der Waals surface area contributed by atoms with Crippen LogP contribution in [0.25, 0.3) is 21.8 Å². The van der Waals surface area contributed by atoms with Crippen LogP contribution in [0, 0.1) is 0 Å². The highest BCUT2D eigenvalue weighted by Crippen LogP contribution is 2.36. The number of aromatic amines is 1. The van der Waals surface area contributed by atoms with Crippen molar-refractivity contribution in [3.8, 4) is 5.75 Å². The second-order valence-electron chi connectivity index (χ2n) is 10.0. The Hall–Kier alpha value is -3.07. The summed E-state index contributed by atoms with van der Waals surface area (Å²) in [6.45, 7) is 1.35. The summed E-state index contributed by atoms with van der Waals surface area (Å²) in [6, 6.07) is 19.8. The number of aromatic nitrogens is 1. The summed E-state index contributed by atoms with van der Waals surface area (Å²) in [5.74, 6) is 1.48. The van der Waals surface area contributed by atoms with Crippen LogP contribution in [0.2, 0.25) is 0 Å². The Bertz CT molecular complexity index is 1480. The molecule has 196 valence electrons. The van der Waals surface area contributed by atoms with Crippen molar-refractivity contribution in [1.82, 2.24) is 10.3 Å². The number of benzene rings is 3. The van der Waals surface area contributed by atoms with Crippen LogP contribution in [0.5, 0.6) is 5.75 Å². The number of aliphatic hydroxyl groups excluding tert-OH is 1. The maximum absolute atomic E-state index is 11.4. The molecule has 1 saturated carbocycles. The minimum absolute atomic E-state index is 0.329. The van der Waals surface area contributed by atoms with Gasteiger partial charge in [-0.3, -0.25) is 4.72 Å². The molecule has 1 unspecified atom stereocenters. The average Bonchev–Trinajstić information content (AvgIpc) is 3.25. The molecule has 5 rings (SSSR count). The molecule has 1 aliphatic carbocycles. The molecule has 3 aromatic carbocycles. The standard InChI is InChI=1S/C29H35N3O4S/c1-37(34,35)32-23-9-5-8-22(16-23)29(33)19-30-14-15-36-24-11-13-26-25-12-10-21(20-6-3-2-4-7-20)17-27(25)31-28(26)18-24/h5,8-13,16-18,20,29-33H,2-4,6-7,14-15,19H2,1H3. The van der Waals surface area contributed by atoms with Crippen molar-refractivity contribution in [1.29, 1.82) is 0 Å². The fourth-order valence-corrected chi connectivity index (χ4v) is 5.86. The molecule has 4 aromatic rings. The molecule has 0 bridgehead atoms. The van der Waals surface area contributed by atoms with E-state index in [9.17, 15) is 13.5 Å². The smallest absolute Gasteiger partial charge is 0.229 e. The lowest BCUT2D eigenvalue weighted by Gasteiger charge is -2.21. The minimum atomic E-state index is -3.36. The third-order valence-electron chi connectivity index (χ3n) is 7.13. The molecule has 0 aliphatic heterocycles. The molecule has 1 fully saturated rings. The monoisotopic (exact) mass is 521 g/mol. The molecule has 0 amide bonds. The SMILES string of the molecule is CS(=O)(=O)Nc1cccc(C(O)CNCCOc2ccc3c(c2)[nH]c2cc(C4CCCCC4)ccc23)c1. The number of H-pyrrole nitrogens is 1. The quantitative estimate of drug-likeness (QED) is 0.208. The number of fused-ring (bicyclic) bond motifs is 3. The van der Waals surface area contributed by atoms with Crippen LogP contribution in [-0.4, -0.2) is 44.5 Å². The summed E-state index contributed by atoms with van der Waals surface area (Å²) in [5, 5.41) is 16.1. The molecule has 1 aliphatic rings. The predicted octanol–water partition coefficient (Wildman–Crippen LogP) is 5.44. The van der Waals surface area contributed by atoms with Crippen molar-refractivity contribution in [2.24, 2.45) is 0 Å². The Morgan fingerprint density at radius 2 is 1.76 bits per heavy atom. The van der Waals surface area contributed by atoms with E-state index in [2.05, 4.69) is 39.3 Å². The van der Waals surface area contributed by atoms with Crippen LogP contribution >= 0.6 is 0 Å².